The molecule has 1 amide bonds. The Kier molecular flexibility index (Phi) is 16.8. The van der Waals surface area contributed by atoms with Crippen LogP contribution in [-0.2, 0) is 28.9 Å². The van der Waals surface area contributed by atoms with E-state index in [1.807, 2.05) is 113 Å². The third kappa shape index (κ3) is 11.5. The molecule has 1 aliphatic heterocycles. The number of amides is 1. The molecule has 5 aromatic rings. The van der Waals surface area contributed by atoms with Gasteiger partial charge in [-0.1, -0.05) is 54.6 Å². The Morgan fingerprint density at radius 3 is 2.08 bits per heavy atom. The second-order valence-electron chi connectivity index (χ2n) is 15.3. The van der Waals surface area contributed by atoms with E-state index in [-0.39, 0.29) is 66.5 Å². The van der Waals surface area contributed by atoms with E-state index in [4.69, 9.17) is 28.0 Å². The number of methoxy groups -OCH3 is 2. The number of fused-ring (bicyclic) bond motifs is 1. The van der Waals surface area contributed by atoms with Crippen molar-refractivity contribution >= 4 is 43.3 Å². The molecule has 0 radical (unpaired) electrons. The number of carbonyl (C=O) groups is 1. The number of anilines is 1. The molecule has 3 heterocycles. The number of imidazole rings is 1. The van der Waals surface area contributed by atoms with Gasteiger partial charge in [0.15, 0.2) is 5.65 Å². The van der Waals surface area contributed by atoms with Crippen molar-refractivity contribution in [2.75, 3.05) is 38.5 Å². The minimum absolute atomic E-state index is 0.0246. The number of nitrogens with zero attached hydrogens (tertiary/aromatic N) is 7. The molecule has 0 saturated carbocycles. The van der Waals surface area contributed by atoms with E-state index < -0.39 is 50.6 Å². The number of carbonyl (C=O) groups excluding carboxylic acids is 1. The van der Waals surface area contributed by atoms with Crippen molar-refractivity contribution in [3.8, 4) is 23.6 Å². The summed E-state index contributed by atoms with van der Waals surface area (Å²) < 4.78 is 82.5. The maximum Gasteiger partial charge on any atom is 0.471 e. The van der Waals surface area contributed by atoms with Crippen molar-refractivity contribution < 1.29 is 46.0 Å². The van der Waals surface area contributed by atoms with Gasteiger partial charge in [-0.05, 0) is 68.7 Å². The van der Waals surface area contributed by atoms with Crippen LogP contribution in [0.5, 0.6) is 11.5 Å². The van der Waals surface area contributed by atoms with E-state index in [2.05, 4.69) is 25.7 Å². The fraction of sp³-hybridized carbons (Fsp3) is 0.422. The number of hydrogen-bond acceptors (Lipinski definition) is 14. The summed E-state index contributed by atoms with van der Waals surface area (Å²) in [4.78, 5) is 25.2. The predicted octanol–water partition coefficient (Wildman–Crippen LogP) is 9.31. The van der Waals surface area contributed by atoms with Crippen molar-refractivity contribution in [3.63, 3.8) is 0 Å². The van der Waals surface area contributed by atoms with Gasteiger partial charge in [-0.25, -0.2) is 14.6 Å². The minimum Gasteiger partial charge on any atom is -0.497 e. The van der Waals surface area contributed by atoms with Crippen LogP contribution in [0.1, 0.15) is 69.9 Å². The highest BCUT2D eigenvalue weighted by Crippen LogP contribution is 2.51. The molecule has 2 aromatic heterocycles. The van der Waals surface area contributed by atoms with Crippen molar-refractivity contribution in [2.45, 2.75) is 94.3 Å². The second kappa shape index (κ2) is 22.2. The predicted molar refractivity (Wildman–Crippen MR) is 238 cm³/mol. The fourth-order valence-corrected chi connectivity index (χ4v) is 10.0. The van der Waals surface area contributed by atoms with E-state index in [9.17, 15) is 28.5 Å². The third-order valence-corrected chi connectivity index (χ3v) is 13.5. The molecule has 6 rings (SSSR count). The molecule has 344 valence electrons. The zero-order chi connectivity index (χ0) is 46.7. The largest absolute Gasteiger partial charge is 0.497 e. The van der Waals surface area contributed by atoms with E-state index >= 15 is 0 Å². The van der Waals surface area contributed by atoms with Crippen LogP contribution in [-0.4, -0.2) is 93.8 Å². The van der Waals surface area contributed by atoms with Gasteiger partial charge in [0.25, 0.3) is 8.53 Å². The van der Waals surface area contributed by atoms with Gasteiger partial charge in [-0.15, -0.1) is 11.8 Å². The lowest BCUT2D eigenvalue weighted by Gasteiger charge is -2.39. The summed E-state index contributed by atoms with van der Waals surface area (Å²) in [5.74, 6) is -1.30. The molecule has 20 heteroatoms. The first-order valence-electron chi connectivity index (χ1n) is 20.8. The van der Waals surface area contributed by atoms with Gasteiger partial charge in [-0.2, -0.15) is 28.7 Å². The fourth-order valence-electron chi connectivity index (χ4n) is 7.45. The van der Waals surface area contributed by atoms with Crippen LogP contribution < -0.4 is 14.8 Å². The Hall–Kier alpha value is -5.37. The molecule has 0 aliphatic carbocycles. The average molecular weight is 935 g/mol. The van der Waals surface area contributed by atoms with Gasteiger partial charge in [0, 0.05) is 30.7 Å². The number of rotatable bonds is 21. The normalized spacial score (nSPS) is 17.0. The van der Waals surface area contributed by atoms with Gasteiger partial charge in [-0.3, -0.25) is 14.7 Å². The summed E-state index contributed by atoms with van der Waals surface area (Å²) in [6.45, 7) is 8.15. The smallest absolute Gasteiger partial charge is 0.471 e. The Balaban J connectivity index is 1.47. The Labute approximate surface area is 381 Å². The van der Waals surface area contributed by atoms with E-state index in [1.165, 1.54) is 6.33 Å². The standard InChI is InChI=1S/C45H50F3N8O7PS/c1-29(2)56(30(3)4)64(61-24-10-22-49)63-36-26-38(55-28-51-39-40(55)52-43(54-42(57)45(46,47)48)53-41(39)65-25-11-23-50)62-37(36)27-60-44(31-12-8-7-9-13-31,32-14-18-34(58-5)19-15-32)33-16-20-35(59-6)21-17-33/h7-9,12-21,28-30,36-38H,10-11,24-27H2,1-6H3,(H,52,53,54,57)/t36-,37+,38+,64?/m0/s1. The SMILES string of the molecule is COc1ccc(C(OC[C@H]2O[C@@H](n3cnc4c(SCCC#N)nc(NC(=O)C(F)(F)F)nc43)C[C@@H]2OP(OCCC#N)N(C(C)C)C(C)C)(c2ccccc2)c2ccc(OC)cc2)cc1. The summed E-state index contributed by atoms with van der Waals surface area (Å²) in [5.41, 5.74) is 1.44. The van der Waals surface area contributed by atoms with Crippen LogP contribution in [0.4, 0.5) is 19.1 Å². The molecule has 1 fully saturated rings. The lowest BCUT2D eigenvalue weighted by molar-refractivity contribution is -0.167. The van der Waals surface area contributed by atoms with Crippen LogP contribution in [0.25, 0.3) is 11.2 Å². The second-order valence-corrected chi connectivity index (χ2v) is 17.7. The Morgan fingerprint density at radius 2 is 1.52 bits per heavy atom. The lowest BCUT2D eigenvalue weighted by atomic mass is 9.80. The Morgan fingerprint density at radius 1 is 0.923 bits per heavy atom. The number of benzene rings is 3. The number of aromatic nitrogens is 4. The summed E-state index contributed by atoms with van der Waals surface area (Å²) in [7, 11) is 1.38. The third-order valence-electron chi connectivity index (χ3n) is 10.3. The Bertz CT molecular complexity index is 2380. The molecule has 1 saturated heterocycles. The summed E-state index contributed by atoms with van der Waals surface area (Å²) in [6.07, 6.45) is -5.79. The maximum absolute atomic E-state index is 13.4. The molecular weight excluding hydrogens is 885 g/mol. The van der Waals surface area contributed by atoms with Gasteiger partial charge in [0.1, 0.15) is 40.0 Å². The van der Waals surface area contributed by atoms with Crippen LogP contribution in [0.15, 0.2) is 90.2 Å². The number of alkyl halides is 3. The number of nitriles is 2. The van der Waals surface area contributed by atoms with E-state index in [1.54, 1.807) is 24.1 Å². The van der Waals surface area contributed by atoms with E-state index in [0.29, 0.717) is 11.5 Å². The molecule has 3 aromatic carbocycles. The molecule has 15 nitrogen and oxygen atoms in total. The molecule has 1 unspecified atom stereocenters. The summed E-state index contributed by atoms with van der Waals surface area (Å²) in [6, 6.07) is 29.0. The highest BCUT2D eigenvalue weighted by atomic mass is 32.2. The monoisotopic (exact) mass is 934 g/mol. The number of hydrogen-bond donors (Lipinski definition) is 1. The topological polar surface area (TPSA) is 179 Å². The average Bonchev–Trinajstić information content (AvgIpc) is 3.90. The zero-order valence-electron chi connectivity index (χ0n) is 36.7. The molecule has 1 aliphatic rings. The molecule has 65 heavy (non-hydrogen) atoms. The zero-order valence-corrected chi connectivity index (χ0v) is 38.4. The van der Waals surface area contributed by atoms with Gasteiger partial charge in [0.05, 0.1) is 58.4 Å². The first kappa shape index (κ1) is 49.1. The summed E-state index contributed by atoms with van der Waals surface area (Å²) in [5, 5.41) is 20.5. The summed E-state index contributed by atoms with van der Waals surface area (Å²) >= 11 is 1.09. The molecule has 0 bridgehead atoms. The van der Waals surface area contributed by atoms with E-state index in [0.717, 1.165) is 28.5 Å². The molecule has 1 N–H and O–H groups in total. The first-order valence-corrected chi connectivity index (χ1v) is 22.9. The van der Waals surface area contributed by atoms with Gasteiger partial charge in [0.2, 0.25) is 5.95 Å². The number of ether oxygens (including phenoxy) is 4. The van der Waals surface area contributed by atoms with Crippen LogP contribution in [0, 0.1) is 22.7 Å². The molecular formula is C45H50F3N8O7PS. The van der Waals surface area contributed by atoms with Crippen LogP contribution >= 0.6 is 20.3 Å². The van der Waals surface area contributed by atoms with Crippen molar-refractivity contribution in [2.24, 2.45) is 0 Å². The van der Waals surface area contributed by atoms with Crippen LogP contribution in [0.2, 0.25) is 0 Å². The van der Waals surface area contributed by atoms with Gasteiger partial charge < -0.3 is 28.0 Å². The molecule has 4 atom stereocenters. The van der Waals surface area contributed by atoms with Crippen molar-refractivity contribution in [1.29, 1.82) is 10.5 Å². The quantitative estimate of drug-likeness (QED) is 0.0242. The number of halogens is 3. The molecule has 0 spiro atoms. The lowest BCUT2D eigenvalue weighted by Crippen LogP contribution is -2.39. The van der Waals surface area contributed by atoms with Crippen molar-refractivity contribution in [1.82, 2.24) is 24.2 Å². The number of nitrogens with one attached hydrogen (secondary N) is 1. The van der Waals surface area contributed by atoms with Crippen LogP contribution in [0.3, 0.4) is 0 Å². The highest BCUT2D eigenvalue weighted by molar-refractivity contribution is 7.99. The highest BCUT2D eigenvalue weighted by Gasteiger charge is 2.46. The van der Waals surface area contributed by atoms with Crippen molar-refractivity contribution in [3.05, 3.63) is 102 Å². The minimum atomic E-state index is -5.21. The number of thioether (sulfide) groups is 1. The van der Waals surface area contributed by atoms with Gasteiger partial charge >= 0.3 is 12.1 Å². The maximum atomic E-state index is 13.4. The first-order chi connectivity index (χ1) is 31.2.